The fourth-order valence-electron chi connectivity index (χ4n) is 5.90. The summed E-state index contributed by atoms with van der Waals surface area (Å²) in [5.41, 5.74) is 4.89. The van der Waals surface area contributed by atoms with Gasteiger partial charge in [-0.15, -0.1) is 0 Å². The molecule has 0 amide bonds. The molecule has 2 bridgehead atoms. The van der Waals surface area contributed by atoms with E-state index in [1.807, 2.05) is 12.3 Å². The molecule has 3 aromatic rings. The molecule has 4 atom stereocenters. The molecule has 2 aliphatic heterocycles. The minimum atomic E-state index is 0.196. The van der Waals surface area contributed by atoms with Gasteiger partial charge in [0.05, 0.1) is 5.69 Å². The van der Waals surface area contributed by atoms with Crippen molar-refractivity contribution in [1.82, 2.24) is 4.98 Å². The highest BCUT2D eigenvalue weighted by Gasteiger charge is 2.57. The second-order valence-electron chi connectivity index (χ2n) is 9.22. The Balaban J connectivity index is 1.80. The molecular formula is C23H28N2O. The summed E-state index contributed by atoms with van der Waals surface area (Å²) in [7, 11) is 0. The third kappa shape index (κ3) is 1.87. The van der Waals surface area contributed by atoms with Crippen LogP contribution in [-0.4, -0.2) is 16.6 Å². The molecule has 136 valence electrons. The first kappa shape index (κ1) is 16.2. The van der Waals surface area contributed by atoms with Gasteiger partial charge in [0.15, 0.2) is 5.58 Å². The van der Waals surface area contributed by atoms with Crippen LogP contribution in [0.1, 0.15) is 52.5 Å². The summed E-state index contributed by atoms with van der Waals surface area (Å²) >= 11 is 0. The van der Waals surface area contributed by atoms with Gasteiger partial charge in [-0.1, -0.05) is 26.0 Å². The van der Waals surface area contributed by atoms with E-state index in [-0.39, 0.29) is 5.54 Å². The maximum Gasteiger partial charge on any atom is 0.227 e. The maximum absolute atomic E-state index is 6.33. The molecule has 0 N–H and O–H groups in total. The first-order valence-electron chi connectivity index (χ1n) is 9.91. The zero-order chi connectivity index (χ0) is 18.3. The molecule has 1 aromatic carbocycles. The van der Waals surface area contributed by atoms with Crippen molar-refractivity contribution >= 4 is 27.8 Å². The van der Waals surface area contributed by atoms with Crippen LogP contribution in [0.5, 0.6) is 0 Å². The van der Waals surface area contributed by atoms with E-state index in [0.717, 1.165) is 22.6 Å². The van der Waals surface area contributed by atoms with Crippen molar-refractivity contribution in [2.75, 3.05) is 4.90 Å². The van der Waals surface area contributed by atoms with E-state index in [1.165, 1.54) is 35.9 Å². The second-order valence-corrected chi connectivity index (χ2v) is 9.22. The number of hydrogen-bond acceptors (Lipinski definition) is 3. The highest BCUT2D eigenvalue weighted by atomic mass is 16.3. The number of aryl methyl sites for hydroxylation is 1. The van der Waals surface area contributed by atoms with E-state index >= 15 is 0 Å². The number of pyridine rings is 1. The van der Waals surface area contributed by atoms with Crippen LogP contribution in [0.25, 0.3) is 22.1 Å². The molecular weight excluding hydrogens is 320 g/mol. The Bertz CT molecular complexity index is 1020. The number of nitrogens with zero attached hydrogens (tertiary/aromatic N) is 2. The fraction of sp³-hybridized carbons (Fsp3) is 0.522. The Morgan fingerprint density at radius 3 is 2.69 bits per heavy atom. The van der Waals surface area contributed by atoms with Gasteiger partial charge >= 0.3 is 0 Å². The summed E-state index contributed by atoms with van der Waals surface area (Å²) in [6.45, 7) is 12.0. The van der Waals surface area contributed by atoms with Crippen molar-refractivity contribution < 1.29 is 4.42 Å². The van der Waals surface area contributed by atoms with Crippen LogP contribution in [0.4, 0.5) is 5.69 Å². The van der Waals surface area contributed by atoms with Gasteiger partial charge in [0, 0.05) is 28.6 Å². The van der Waals surface area contributed by atoms with Crippen molar-refractivity contribution in [2.45, 2.75) is 65.5 Å². The molecule has 1 saturated carbocycles. The lowest BCUT2D eigenvalue weighted by molar-refractivity contribution is -0.00496. The minimum absolute atomic E-state index is 0.196. The lowest BCUT2D eigenvalue weighted by Gasteiger charge is -2.65. The summed E-state index contributed by atoms with van der Waals surface area (Å²) in [5, 5.41) is 2.30. The molecule has 3 unspecified atom stereocenters. The second kappa shape index (κ2) is 5.03. The van der Waals surface area contributed by atoms with E-state index in [4.69, 9.17) is 4.42 Å². The Morgan fingerprint density at radius 1 is 1.12 bits per heavy atom. The first-order chi connectivity index (χ1) is 12.3. The van der Waals surface area contributed by atoms with E-state index in [1.54, 1.807) is 0 Å². The van der Waals surface area contributed by atoms with Crippen LogP contribution in [0.15, 0.2) is 34.9 Å². The molecule has 2 aromatic heterocycles. The van der Waals surface area contributed by atoms with Crippen molar-refractivity contribution in [3.8, 4) is 0 Å². The first-order valence-corrected chi connectivity index (χ1v) is 9.91. The van der Waals surface area contributed by atoms with Gasteiger partial charge in [-0.05, 0) is 69.1 Å². The van der Waals surface area contributed by atoms with E-state index in [0.29, 0.717) is 11.5 Å². The third-order valence-corrected chi connectivity index (χ3v) is 7.83. The van der Waals surface area contributed by atoms with Gasteiger partial charge in [0.2, 0.25) is 5.71 Å². The van der Waals surface area contributed by atoms with Crippen LogP contribution < -0.4 is 4.90 Å². The predicted molar refractivity (Wildman–Crippen MR) is 108 cm³/mol. The van der Waals surface area contributed by atoms with Crippen molar-refractivity contribution in [2.24, 2.45) is 11.3 Å². The fourth-order valence-corrected chi connectivity index (χ4v) is 5.90. The van der Waals surface area contributed by atoms with Gasteiger partial charge in [-0.2, -0.15) is 0 Å². The average molecular weight is 348 g/mol. The zero-order valence-electron chi connectivity index (χ0n) is 16.5. The predicted octanol–water partition coefficient (Wildman–Crippen LogP) is 6.08. The number of rotatable bonds is 1. The van der Waals surface area contributed by atoms with Crippen LogP contribution in [0, 0.1) is 18.3 Å². The minimum Gasteiger partial charge on any atom is -0.436 e. The Hall–Kier alpha value is -2.03. The summed E-state index contributed by atoms with van der Waals surface area (Å²) in [5.74, 6) is 0.754. The molecule has 6 rings (SSSR count). The van der Waals surface area contributed by atoms with Crippen molar-refractivity contribution in [3.05, 3.63) is 36.0 Å². The summed E-state index contributed by atoms with van der Waals surface area (Å²) in [6, 6.07) is 9.05. The monoisotopic (exact) mass is 348 g/mol. The molecule has 0 spiro atoms. The van der Waals surface area contributed by atoms with Crippen LogP contribution in [0.3, 0.4) is 0 Å². The molecule has 3 aliphatic rings. The highest BCUT2D eigenvalue weighted by Crippen LogP contribution is 2.59. The standard InChI is InChI=1S/C23H28N2O/c1-14-8-9-17-18-7-6-12-24-21(18)26-20(17)19(14)25-16(3)23(5)11-10-22(25,4)13-15(23)2/h6-9,12,15-16H,10-11,13H2,1-5H3/t15?,16-,22?,23?/m0/s1. The molecule has 2 saturated heterocycles. The van der Waals surface area contributed by atoms with Crippen molar-refractivity contribution in [1.29, 1.82) is 0 Å². The average Bonchev–Trinajstić information content (AvgIpc) is 2.98. The summed E-state index contributed by atoms with van der Waals surface area (Å²) < 4.78 is 6.33. The van der Waals surface area contributed by atoms with E-state index in [9.17, 15) is 0 Å². The Morgan fingerprint density at radius 2 is 1.92 bits per heavy atom. The molecule has 3 heteroatoms. The number of furan rings is 1. The number of aromatic nitrogens is 1. The van der Waals surface area contributed by atoms with Crippen LogP contribution in [-0.2, 0) is 0 Å². The molecule has 0 radical (unpaired) electrons. The SMILES string of the molecule is Cc1ccc2c(oc3ncccc32)c1N1[C@@H](C)C2(C)CCC1(C)CC2C. The van der Waals surface area contributed by atoms with E-state index in [2.05, 4.69) is 62.7 Å². The lowest BCUT2D eigenvalue weighted by Crippen LogP contribution is -2.68. The number of hydrogen-bond donors (Lipinski definition) is 0. The molecule has 3 fully saturated rings. The quantitative estimate of drug-likeness (QED) is 0.533. The van der Waals surface area contributed by atoms with E-state index < -0.39 is 0 Å². The van der Waals surface area contributed by atoms with Crippen LogP contribution in [0.2, 0.25) is 0 Å². The maximum atomic E-state index is 6.33. The molecule has 4 heterocycles. The lowest BCUT2D eigenvalue weighted by atomic mass is 9.54. The zero-order valence-corrected chi connectivity index (χ0v) is 16.5. The molecule has 3 nitrogen and oxygen atoms in total. The number of piperidine rings is 2. The number of anilines is 1. The van der Waals surface area contributed by atoms with Gasteiger partial charge in [-0.25, -0.2) is 4.98 Å². The van der Waals surface area contributed by atoms with Gasteiger partial charge in [0.1, 0.15) is 0 Å². The van der Waals surface area contributed by atoms with Crippen LogP contribution >= 0.6 is 0 Å². The Kier molecular flexibility index (Phi) is 3.12. The summed E-state index contributed by atoms with van der Waals surface area (Å²) in [6.07, 6.45) is 5.64. The summed E-state index contributed by atoms with van der Waals surface area (Å²) in [4.78, 5) is 7.16. The molecule has 26 heavy (non-hydrogen) atoms. The van der Waals surface area contributed by atoms with Gasteiger partial charge in [0.25, 0.3) is 0 Å². The van der Waals surface area contributed by atoms with Gasteiger partial charge in [-0.3, -0.25) is 0 Å². The number of fused-ring (bicyclic) bond motifs is 6. The number of benzene rings is 1. The highest BCUT2D eigenvalue weighted by molar-refractivity contribution is 6.08. The van der Waals surface area contributed by atoms with Gasteiger partial charge < -0.3 is 9.32 Å². The largest absolute Gasteiger partial charge is 0.436 e. The third-order valence-electron chi connectivity index (χ3n) is 7.83. The Labute approximate surface area is 155 Å². The smallest absolute Gasteiger partial charge is 0.227 e. The molecule has 1 aliphatic carbocycles. The topological polar surface area (TPSA) is 29.3 Å². The normalized spacial score (nSPS) is 34.1. The van der Waals surface area contributed by atoms with Crippen molar-refractivity contribution in [3.63, 3.8) is 0 Å².